The van der Waals surface area contributed by atoms with Crippen molar-refractivity contribution in [2.24, 2.45) is 5.73 Å². The molecule has 57 heavy (non-hydrogen) atoms. The minimum atomic E-state index is -1.37. The summed E-state index contributed by atoms with van der Waals surface area (Å²) in [6, 6.07) is 5.11. The number of nitrogens with one attached hydrogen (secondary N) is 4. The number of carbonyl (C=O) groups is 7. The van der Waals surface area contributed by atoms with Gasteiger partial charge in [0.05, 0.1) is 6.04 Å². The van der Waals surface area contributed by atoms with Crippen LogP contribution in [-0.2, 0) is 24.0 Å². The van der Waals surface area contributed by atoms with Crippen LogP contribution in [0, 0.1) is 0 Å². The number of carboxylic acid groups (broad SMARTS) is 2. The summed E-state index contributed by atoms with van der Waals surface area (Å²) >= 11 is 0. The maximum atomic E-state index is 13.7. The Bertz CT molecular complexity index is 1690. The van der Waals surface area contributed by atoms with E-state index >= 15 is 0 Å². The number of carboxylic acids is 2. The second kappa shape index (κ2) is 23.9. The van der Waals surface area contributed by atoms with Gasteiger partial charge in [-0.15, -0.1) is 0 Å². The van der Waals surface area contributed by atoms with Crippen LogP contribution in [0.1, 0.15) is 118 Å². The summed E-state index contributed by atoms with van der Waals surface area (Å²) in [7, 11) is 3.73. The van der Waals surface area contributed by atoms with Crippen LogP contribution in [0.25, 0.3) is 10.8 Å². The molecule has 0 saturated carbocycles. The molecule has 1 heterocycles. The molecule has 2 aromatic rings. The molecule has 0 bridgehead atoms. The molecule has 3 atom stereocenters. The van der Waals surface area contributed by atoms with E-state index in [4.69, 9.17) is 10.8 Å². The van der Waals surface area contributed by atoms with E-state index < -0.39 is 59.6 Å². The standard InChI is InChI=1S/C41H61N7O9/c1-4-5-6-7-8-9-10-11-23-43-24-20-30(42)37(52)46-31(38(53)44-25-21-32(41(56)57)45-34(49)16-13-17-35(50)51)22-26-48-39(54)28-15-12-14-27-33(47(2)3)19-18-29(36(27)28)40(48)55/h12,14-15,18-19,30-32,43H,4-11,13,16-17,20-26,42H2,1-3H3,(H,44,53)(H,45,49)(H,46,52)(H,50,51)(H,56,57). The average Bonchev–Trinajstić information content (AvgIpc) is 3.17. The van der Waals surface area contributed by atoms with E-state index in [1.54, 1.807) is 24.3 Å². The number of hydrogen-bond acceptors (Lipinski definition) is 10. The molecule has 8 N–H and O–H groups in total. The van der Waals surface area contributed by atoms with Crippen LogP contribution in [-0.4, -0.2) is 115 Å². The van der Waals surface area contributed by atoms with Gasteiger partial charge < -0.3 is 42.1 Å². The average molecular weight is 796 g/mol. The van der Waals surface area contributed by atoms with E-state index in [9.17, 15) is 38.7 Å². The quantitative estimate of drug-likeness (QED) is 0.0486. The fourth-order valence-electron chi connectivity index (χ4n) is 6.81. The molecule has 0 fully saturated rings. The first kappa shape index (κ1) is 46.3. The zero-order valence-corrected chi connectivity index (χ0v) is 33.6. The SMILES string of the molecule is CCCCCCCCCCNCCC(N)C(=O)NC(CCN1C(=O)c2cccc3c(N(C)C)ccc(c23)C1=O)C(=O)NCCC(NC(=O)CCCC(=O)O)C(=O)O. The van der Waals surface area contributed by atoms with Gasteiger partial charge in [-0.05, 0) is 63.4 Å². The second-order valence-corrected chi connectivity index (χ2v) is 14.8. The van der Waals surface area contributed by atoms with Crippen molar-refractivity contribution in [2.75, 3.05) is 45.2 Å². The lowest BCUT2D eigenvalue weighted by atomic mass is 9.92. The number of unbranched alkanes of at least 4 members (excludes halogenated alkanes) is 7. The lowest BCUT2D eigenvalue weighted by molar-refractivity contribution is -0.142. The van der Waals surface area contributed by atoms with Crippen LogP contribution >= 0.6 is 0 Å². The molecular formula is C41H61N7O9. The lowest BCUT2D eigenvalue weighted by Gasteiger charge is -2.30. The zero-order valence-electron chi connectivity index (χ0n) is 33.6. The third kappa shape index (κ3) is 14.4. The number of benzene rings is 2. The van der Waals surface area contributed by atoms with Crippen molar-refractivity contribution < 1.29 is 43.8 Å². The van der Waals surface area contributed by atoms with Crippen LogP contribution < -0.4 is 31.9 Å². The molecule has 0 aliphatic carbocycles. The summed E-state index contributed by atoms with van der Waals surface area (Å²) in [5.41, 5.74) is 7.74. The van der Waals surface area contributed by atoms with Gasteiger partial charge in [-0.3, -0.25) is 33.7 Å². The topological polar surface area (TPSA) is 241 Å². The van der Waals surface area contributed by atoms with E-state index in [2.05, 4.69) is 28.2 Å². The van der Waals surface area contributed by atoms with Gasteiger partial charge in [0.15, 0.2) is 0 Å². The lowest BCUT2D eigenvalue weighted by Crippen LogP contribution is -2.54. The monoisotopic (exact) mass is 795 g/mol. The summed E-state index contributed by atoms with van der Waals surface area (Å²) in [6.45, 7) is 3.04. The molecule has 16 heteroatoms. The fourth-order valence-corrected chi connectivity index (χ4v) is 6.81. The fraction of sp³-hybridized carbons (Fsp3) is 0.585. The molecular weight excluding hydrogens is 734 g/mol. The highest BCUT2D eigenvalue weighted by Gasteiger charge is 2.35. The molecule has 1 aliphatic rings. The first-order valence-electron chi connectivity index (χ1n) is 20.1. The van der Waals surface area contributed by atoms with Crippen molar-refractivity contribution in [3.05, 3.63) is 41.5 Å². The molecule has 0 saturated heterocycles. The molecule has 16 nitrogen and oxygen atoms in total. The highest BCUT2D eigenvalue weighted by Crippen LogP contribution is 2.35. The Balaban J connectivity index is 1.64. The van der Waals surface area contributed by atoms with Gasteiger partial charge in [0.25, 0.3) is 11.8 Å². The van der Waals surface area contributed by atoms with Crippen molar-refractivity contribution in [3.63, 3.8) is 0 Å². The Morgan fingerprint density at radius 2 is 1.40 bits per heavy atom. The van der Waals surface area contributed by atoms with Crippen LogP contribution in [0.4, 0.5) is 5.69 Å². The molecule has 3 unspecified atom stereocenters. The summed E-state index contributed by atoms with van der Waals surface area (Å²) < 4.78 is 0. The highest BCUT2D eigenvalue weighted by molar-refractivity contribution is 6.26. The van der Waals surface area contributed by atoms with Gasteiger partial charge >= 0.3 is 11.9 Å². The van der Waals surface area contributed by atoms with E-state index in [0.29, 0.717) is 29.5 Å². The maximum Gasteiger partial charge on any atom is 0.326 e. The predicted octanol–water partition coefficient (Wildman–Crippen LogP) is 3.16. The Morgan fingerprint density at radius 3 is 2.05 bits per heavy atom. The molecule has 5 amide bonds. The molecule has 1 aliphatic heterocycles. The Morgan fingerprint density at radius 1 is 0.737 bits per heavy atom. The van der Waals surface area contributed by atoms with Crippen molar-refractivity contribution in [2.45, 2.75) is 115 Å². The first-order chi connectivity index (χ1) is 27.3. The second-order valence-electron chi connectivity index (χ2n) is 14.8. The molecule has 314 valence electrons. The normalized spacial score (nSPS) is 13.9. The molecule has 3 rings (SSSR count). The first-order valence-corrected chi connectivity index (χ1v) is 20.1. The Labute approximate surface area is 334 Å². The summed E-state index contributed by atoms with van der Waals surface area (Å²) in [5, 5.41) is 30.6. The van der Waals surface area contributed by atoms with E-state index in [-0.39, 0.29) is 45.2 Å². The molecule has 0 radical (unpaired) electrons. The number of nitrogens with zero attached hydrogens (tertiary/aromatic N) is 2. The number of carbonyl (C=O) groups excluding carboxylic acids is 5. The molecule has 0 aromatic heterocycles. The summed E-state index contributed by atoms with van der Waals surface area (Å²) in [4.78, 5) is 92.1. The van der Waals surface area contributed by atoms with Gasteiger partial charge in [0.1, 0.15) is 12.1 Å². The number of imide groups is 1. The third-order valence-corrected chi connectivity index (χ3v) is 10.1. The van der Waals surface area contributed by atoms with Gasteiger partial charge in [-0.25, -0.2) is 4.79 Å². The van der Waals surface area contributed by atoms with Crippen molar-refractivity contribution in [1.29, 1.82) is 0 Å². The van der Waals surface area contributed by atoms with Crippen molar-refractivity contribution in [3.8, 4) is 0 Å². The molecule has 2 aromatic carbocycles. The number of aliphatic carboxylic acids is 2. The van der Waals surface area contributed by atoms with E-state index in [1.165, 1.54) is 38.5 Å². The van der Waals surface area contributed by atoms with Crippen LogP contribution in [0.2, 0.25) is 0 Å². The Hall–Kier alpha value is -5.09. The number of amides is 5. The number of nitrogens with two attached hydrogens (primary N) is 1. The Kier molecular flexibility index (Phi) is 19.4. The number of rotatable bonds is 28. The number of anilines is 1. The van der Waals surface area contributed by atoms with Gasteiger partial charge in [-0.1, -0.05) is 64.0 Å². The summed E-state index contributed by atoms with van der Waals surface area (Å²) in [5.74, 6) is -5.46. The third-order valence-electron chi connectivity index (χ3n) is 10.1. The predicted molar refractivity (Wildman–Crippen MR) is 217 cm³/mol. The van der Waals surface area contributed by atoms with Crippen molar-refractivity contribution >= 4 is 57.9 Å². The molecule has 0 spiro atoms. The van der Waals surface area contributed by atoms with Crippen LogP contribution in [0.3, 0.4) is 0 Å². The smallest absolute Gasteiger partial charge is 0.326 e. The maximum absolute atomic E-state index is 13.7. The van der Waals surface area contributed by atoms with Crippen LogP contribution in [0.15, 0.2) is 30.3 Å². The van der Waals surface area contributed by atoms with E-state index in [1.807, 2.05) is 25.1 Å². The zero-order chi connectivity index (χ0) is 41.9. The highest BCUT2D eigenvalue weighted by atomic mass is 16.4. The number of hydrogen-bond donors (Lipinski definition) is 7. The van der Waals surface area contributed by atoms with E-state index in [0.717, 1.165) is 35.4 Å². The van der Waals surface area contributed by atoms with Gasteiger partial charge in [0.2, 0.25) is 17.7 Å². The van der Waals surface area contributed by atoms with Crippen molar-refractivity contribution in [1.82, 2.24) is 26.2 Å². The summed E-state index contributed by atoms with van der Waals surface area (Å²) in [6.07, 6.45) is 9.10. The minimum Gasteiger partial charge on any atom is -0.481 e. The van der Waals surface area contributed by atoms with Gasteiger partial charge in [0, 0.05) is 67.6 Å². The van der Waals surface area contributed by atoms with Gasteiger partial charge in [-0.2, -0.15) is 0 Å². The minimum absolute atomic E-state index is 0.0307. The largest absolute Gasteiger partial charge is 0.481 e. The van der Waals surface area contributed by atoms with Crippen LogP contribution in [0.5, 0.6) is 0 Å².